The summed E-state index contributed by atoms with van der Waals surface area (Å²) in [5, 5.41) is 5.88. The summed E-state index contributed by atoms with van der Waals surface area (Å²) in [6.45, 7) is 1.83. The zero-order valence-electron chi connectivity index (χ0n) is 10.7. The Labute approximate surface area is 124 Å². The second-order valence-electron chi connectivity index (χ2n) is 4.61. The van der Waals surface area contributed by atoms with Crippen LogP contribution in [0.4, 0.5) is 0 Å². The van der Waals surface area contributed by atoms with Gasteiger partial charge in [0.25, 0.3) is 5.91 Å². The molecule has 0 bridgehead atoms. The first-order chi connectivity index (χ1) is 9.06. The van der Waals surface area contributed by atoms with Gasteiger partial charge in [-0.25, -0.2) is 4.98 Å². The molecule has 104 valence electrons. The average Bonchev–Trinajstić information content (AvgIpc) is 2.98. The largest absolute Gasteiger partial charge is 0.352 e. The Kier molecular flexibility index (Phi) is 4.93. The molecule has 5 nitrogen and oxygen atoms in total. The molecule has 7 heteroatoms. The highest BCUT2D eigenvalue weighted by Gasteiger charge is 2.18. The highest BCUT2D eigenvalue weighted by atomic mass is 79.9. The molecule has 0 saturated heterocycles. The van der Waals surface area contributed by atoms with E-state index in [-0.39, 0.29) is 24.4 Å². The van der Waals surface area contributed by atoms with E-state index in [0.29, 0.717) is 5.01 Å². The molecule has 0 aromatic carbocycles. The van der Waals surface area contributed by atoms with Crippen molar-refractivity contribution >= 4 is 39.1 Å². The summed E-state index contributed by atoms with van der Waals surface area (Å²) in [4.78, 5) is 27.6. The third-order valence-electron chi connectivity index (χ3n) is 3.06. The second-order valence-corrected chi connectivity index (χ2v) is 6.93. The molecule has 0 unspecified atom stereocenters. The Hall–Kier alpha value is -0.950. The van der Waals surface area contributed by atoms with Crippen LogP contribution in [-0.4, -0.2) is 29.4 Å². The van der Waals surface area contributed by atoms with E-state index in [4.69, 9.17) is 0 Å². The quantitative estimate of drug-likeness (QED) is 0.876. The van der Waals surface area contributed by atoms with E-state index in [1.807, 2.05) is 6.92 Å². The predicted molar refractivity (Wildman–Crippen MR) is 77.3 cm³/mol. The first-order valence-electron chi connectivity index (χ1n) is 6.26. The lowest BCUT2D eigenvalue weighted by Gasteiger charge is -2.11. The van der Waals surface area contributed by atoms with Crippen LogP contribution in [-0.2, 0) is 4.79 Å². The van der Waals surface area contributed by atoms with Crippen LogP contribution in [0.5, 0.6) is 0 Å². The molecule has 1 aliphatic carbocycles. The van der Waals surface area contributed by atoms with E-state index in [2.05, 4.69) is 31.5 Å². The molecule has 0 aliphatic heterocycles. The Bertz CT molecular complexity index is 464. The highest BCUT2D eigenvalue weighted by molar-refractivity contribution is 9.11. The molecule has 1 saturated carbocycles. The number of halogens is 1. The van der Waals surface area contributed by atoms with Gasteiger partial charge in [-0.05, 0) is 35.7 Å². The van der Waals surface area contributed by atoms with Crippen LogP contribution in [0.25, 0.3) is 0 Å². The summed E-state index contributed by atoms with van der Waals surface area (Å²) in [5.74, 6) is -0.437. The molecule has 0 radical (unpaired) electrons. The van der Waals surface area contributed by atoms with E-state index < -0.39 is 0 Å². The third kappa shape index (κ3) is 4.01. The first-order valence-corrected chi connectivity index (χ1v) is 7.87. The summed E-state index contributed by atoms with van der Waals surface area (Å²) in [7, 11) is 0. The van der Waals surface area contributed by atoms with E-state index >= 15 is 0 Å². The minimum absolute atomic E-state index is 0.00554. The Morgan fingerprint density at radius 3 is 2.68 bits per heavy atom. The van der Waals surface area contributed by atoms with Gasteiger partial charge >= 0.3 is 0 Å². The van der Waals surface area contributed by atoms with Gasteiger partial charge in [0.2, 0.25) is 5.91 Å². The topological polar surface area (TPSA) is 71.1 Å². The number of rotatable bonds is 4. The Balaban J connectivity index is 1.78. The van der Waals surface area contributed by atoms with Crippen molar-refractivity contribution in [2.24, 2.45) is 0 Å². The van der Waals surface area contributed by atoms with Crippen molar-refractivity contribution in [1.82, 2.24) is 15.6 Å². The highest BCUT2D eigenvalue weighted by Crippen LogP contribution is 2.23. The lowest BCUT2D eigenvalue weighted by Crippen LogP contribution is -2.40. The predicted octanol–water partition coefficient (Wildman–Crippen LogP) is 2.00. The van der Waals surface area contributed by atoms with E-state index in [0.717, 1.165) is 22.3 Å². The van der Waals surface area contributed by atoms with E-state index in [1.165, 1.54) is 24.2 Å². The molecule has 1 fully saturated rings. The number of amides is 2. The fourth-order valence-electron chi connectivity index (χ4n) is 2.06. The van der Waals surface area contributed by atoms with Crippen LogP contribution < -0.4 is 10.6 Å². The zero-order valence-corrected chi connectivity index (χ0v) is 13.1. The van der Waals surface area contributed by atoms with Gasteiger partial charge in [0.15, 0.2) is 5.01 Å². The van der Waals surface area contributed by atoms with Crippen LogP contribution >= 0.6 is 27.3 Å². The molecule has 0 spiro atoms. The van der Waals surface area contributed by atoms with Gasteiger partial charge in [-0.15, -0.1) is 11.3 Å². The molecule has 19 heavy (non-hydrogen) atoms. The number of hydrogen-bond donors (Lipinski definition) is 2. The summed E-state index contributed by atoms with van der Waals surface area (Å²) >= 11 is 4.59. The minimum atomic E-state index is -0.305. The maximum absolute atomic E-state index is 11.8. The van der Waals surface area contributed by atoms with Crippen molar-refractivity contribution in [2.75, 3.05) is 6.54 Å². The van der Waals surface area contributed by atoms with Gasteiger partial charge in [0.05, 0.1) is 16.0 Å². The third-order valence-corrected chi connectivity index (χ3v) is 5.07. The molecule has 2 rings (SSSR count). The molecular weight excluding hydrogens is 330 g/mol. The van der Waals surface area contributed by atoms with Crippen LogP contribution in [0.2, 0.25) is 0 Å². The van der Waals surface area contributed by atoms with Gasteiger partial charge in [-0.2, -0.15) is 0 Å². The number of nitrogens with one attached hydrogen (secondary N) is 2. The number of aromatic nitrogens is 1. The van der Waals surface area contributed by atoms with Crippen molar-refractivity contribution in [3.63, 3.8) is 0 Å². The molecule has 1 aliphatic rings. The van der Waals surface area contributed by atoms with Gasteiger partial charge < -0.3 is 10.6 Å². The zero-order chi connectivity index (χ0) is 13.8. The fraction of sp³-hybridized carbons (Fsp3) is 0.583. The van der Waals surface area contributed by atoms with Crippen molar-refractivity contribution in [3.05, 3.63) is 14.5 Å². The number of carbonyl (C=O) groups excluding carboxylic acids is 2. The van der Waals surface area contributed by atoms with Crippen molar-refractivity contribution in [3.8, 4) is 0 Å². The second kappa shape index (κ2) is 6.47. The van der Waals surface area contributed by atoms with Crippen LogP contribution in [0.15, 0.2) is 3.79 Å². The summed E-state index contributed by atoms with van der Waals surface area (Å²) in [5.41, 5.74) is 0.783. The van der Waals surface area contributed by atoms with Crippen LogP contribution in [0, 0.1) is 6.92 Å². The SMILES string of the molecule is Cc1nc(C(=O)NCC(=O)NC2CCCC2)sc1Br. The van der Waals surface area contributed by atoms with Crippen molar-refractivity contribution < 1.29 is 9.59 Å². The smallest absolute Gasteiger partial charge is 0.280 e. The first kappa shape index (κ1) is 14.5. The van der Waals surface area contributed by atoms with Crippen molar-refractivity contribution in [2.45, 2.75) is 38.6 Å². The van der Waals surface area contributed by atoms with Gasteiger partial charge in [0, 0.05) is 6.04 Å². The molecule has 1 heterocycles. The van der Waals surface area contributed by atoms with Gasteiger partial charge in [-0.1, -0.05) is 12.8 Å². The van der Waals surface area contributed by atoms with Crippen LogP contribution in [0.3, 0.4) is 0 Å². The standard InChI is InChI=1S/C12H16BrN3O2S/c1-7-10(13)19-12(15-7)11(18)14-6-9(17)16-8-4-2-3-5-8/h8H,2-6H2,1H3,(H,14,18)(H,16,17). The minimum Gasteiger partial charge on any atom is -0.352 e. The van der Waals surface area contributed by atoms with Crippen molar-refractivity contribution in [1.29, 1.82) is 0 Å². The summed E-state index contributed by atoms with van der Waals surface area (Å²) in [6.07, 6.45) is 4.42. The fourth-order valence-corrected chi connectivity index (χ4v) is 3.32. The Morgan fingerprint density at radius 1 is 1.42 bits per heavy atom. The molecule has 1 aromatic heterocycles. The molecule has 2 amide bonds. The molecule has 0 atom stereocenters. The summed E-state index contributed by atoms with van der Waals surface area (Å²) < 4.78 is 0.841. The molecule has 2 N–H and O–H groups in total. The lowest BCUT2D eigenvalue weighted by atomic mass is 10.2. The number of carbonyl (C=O) groups is 2. The average molecular weight is 346 g/mol. The van der Waals surface area contributed by atoms with E-state index in [9.17, 15) is 9.59 Å². The molecular formula is C12H16BrN3O2S. The number of nitrogens with zero attached hydrogens (tertiary/aromatic N) is 1. The maximum atomic E-state index is 11.8. The van der Waals surface area contributed by atoms with Gasteiger partial charge in [0.1, 0.15) is 0 Å². The monoisotopic (exact) mass is 345 g/mol. The van der Waals surface area contributed by atoms with Crippen LogP contribution in [0.1, 0.15) is 41.2 Å². The number of hydrogen-bond acceptors (Lipinski definition) is 4. The van der Waals surface area contributed by atoms with E-state index in [1.54, 1.807) is 0 Å². The number of aryl methyl sites for hydroxylation is 1. The normalized spacial score (nSPS) is 15.5. The summed E-state index contributed by atoms with van der Waals surface area (Å²) in [6, 6.07) is 0.278. The van der Waals surface area contributed by atoms with Gasteiger partial charge in [-0.3, -0.25) is 9.59 Å². The maximum Gasteiger partial charge on any atom is 0.280 e. The Morgan fingerprint density at radius 2 is 2.11 bits per heavy atom. The molecule has 1 aromatic rings. The lowest BCUT2D eigenvalue weighted by molar-refractivity contribution is -0.120. The number of thiazole rings is 1.